The van der Waals surface area contributed by atoms with E-state index >= 15 is 0 Å². The maximum atomic E-state index is 10.9. The molecule has 0 saturated heterocycles. The van der Waals surface area contributed by atoms with E-state index in [0.717, 1.165) is 6.42 Å². The Kier molecular flexibility index (Phi) is 3.71. The van der Waals surface area contributed by atoms with E-state index in [9.17, 15) is 4.79 Å². The zero-order valence-electron chi connectivity index (χ0n) is 9.23. The van der Waals surface area contributed by atoms with Gasteiger partial charge in [-0.1, -0.05) is 6.92 Å². The topological polar surface area (TPSA) is 64.3 Å². The van der Waals surface area contributed by atoms with Crippen molar-refractivity contribution in [1.82, 2.24) is 9.78 Å². The highest BCUT2D eigenvalue weighted by Gasteiger charge is 2.17. The highest BCUT2D eigenvalue weighted by Crippen LogP contribution is 2.18. The number of hydrogen-bond donors (Lipinski definition) is 1. The maximum absolute atomic E-state index is 10.9. The Bertz CT molecular complexity index is 344. The first-order valence-electron chi connectivity index (χ1n) is 5.02. The lowest BCUT2D eigenvalue weighted by Gasteiger charge is -2.06. The van der Waals surface area contributed by atoms with Crippen LogP contribution in [0.5, 0.6) is 5.75 Å². The summed E-state index contributed by atoms with van der Waals surface area (Å²) in [5.41, 5.74) is -0.0165. The molecule has 15 heavy (non-hydrogen) atoms. The van der Waals surface area contributed by atoms with Gasteiger partial charge in [-0.05, 0) is 20.3 Å². The predicted octanol–water partition coefficient (Wildman–Crippen LogP) is 1.78. The van der Waals surface area contributed by atoms with Crippen molar-refractivity contribution in [3.05, 3.63) is 11.9 Å². The third-order valence-corrected chi connectivity index (χ3v) is 1.75. The van der Waals surface area contributed by atoms with Crippen molar-refractivity contribution < 1.29 is 14.6 Å². The van der Waals surface area contributed by atoms with E-state index in [4.69, 9.17) is 9.84 Å². The van der Waals surface area contributed by atoms with Crippen LogP contribution in [-0.2, 0) is 6.54 Å². The average molecular weight is 212 g/mol. The molecule has 0 saturated carbocycles. The largest absolute Gasteiger partial charge is 0.487 e. The lowest BCUT2D eigenvalue weighted by molar-refractivity contribution is 0.0683. The Hall–Kier alpha value is -1.52. The minimum Gasteiger partial charge on any atom is -0.487 e. The van der Waals surface area contributed by atoms with Gasteiger partial charge in [-0.2, -0.15) is 5.10 Å². The molecule has 1 rings (SSSR count). The molecule has 0 bridgehead atoms. The van der Waals surface area contributed by atoms with Crippen LogP contribution < -0.4 is 4.74 Å². The summed E-state index contributed by atoms with van der Waals surface area (Å²) in [5.74, 6) is -0.716. The summed E-state index contributed by atoms with van der Waals surface area (Å²) in [7, 11) is 0. The van der Waals surface area contributed by atoms with Crippen LogP contribution >= 0.6 is 0 Å². The number of hydrogen-bond acceptors (Lipinski definition) is 3. The van der Waals surface area contributed by atoms with Crippen LogP contribution in [0, 0.1) is 0 Å². The molecule has 0 spiro atoms. The summed E-state index contributed by atoms with van der Waals surface area (Å²) in [5, 5.41) is 12.8. The molecule has 5 nitrogen and oxygen atoms in total. The highest BCUT2D eigenvalue weighted by molar-refractivity contribution is 5.88. The first-order chi connectivity index (χ1) is 7.04. The number of carboxylic acids is 1. The van der Waals surface area contributed by atoms with Gasteiger partial charge >= 0.3 is 5.97 Å². The van der Waals surface area contributed by atoms with Gasteiger partial charge in [-0.25, -0.2) is 4.79 Å². The van der Waals surface area contributed by atoms with Gasteiger partial charge in [0.2, 0.25) is 5.69 Å². The van der Waals surface area contributed by atoms with Crippen LogP contribution in [0.4, 0.5) is 0 Å². The number of aryl methyl sites for hydroxylation is 1. The second-order valence-electron chi connectivity index (χ2n) is 3.58. The number of carboxylic acid groups (broad SMARTS) is 1. The van der Waals surface area contributed by atoms with Gasteiger partial charge in [-0.3, -0.25) is 4.68 Å². The molecule has 0 unspecified atom stereocenters. The van der Waals surface area contributed by atoms with Crippen molar-refractivity contribution in [2.24, 2.45) is 0 Å². The minimum atomic E-state index is -1.06. The number of carbonyl (C=O) groups is 1. The quantitative estimate of drug-likeness (QED) is 0.808. The van der Waals surface area contributed by atoms with Crippen LogP contribution in [0.2, 0.25) is 0 Å². The van der Waals surface area contributed by atoms with Crippen LogP contribution in [0.15, 0.2) is 6.20 Å². The molecule has 0 aliphatic carbocycles. The molecule has 0 aliphatic heterocycles. The maximum Gasteiger partial charge on any atom is 0.360 e. The zero-order chi connectivity index (χ0) is 11.4. The first-order valence-corrected chi connectivity index (χ1v) is 5.02. The normalized spacial score (nSPS) is 10.7. The summed E-state index contributed by atoms with van der Waals surface area (Å²) in [4.78, 5) is 10.9. The Morgan fingerprint density at radius 3 is 2.80 bits per heavy atom. The second-order valence-corrected chi connectivity index (χ2v) is 3.58. The van der Waals surface area contributed by atoms with Crippen molar-refractivity contribution in [3.8, 4) is 5.75 Å². The minimum absolute atomic E-state index is 0.0165. The predicted molar refractivity (Wildman–Crippen MR) is 55.2 cm³/mol. The van der Waals surface area contributed by atoms with E-state index in [1.165, 1.54) is 0 Å². The molecular weight excluding hydrogens is 196 g/mol. The lowest BCUT2D eigenvalue weighted by atomic mass is 10.4. The van der Waals surface area contributed by atoms with E-state index in [0.29, 0.717) is 12.3 Å². The summed E-state index contributed by atoms with van der Waals surface area (Å²) in [6, 6.07) is 0. The summed E-state index contributed by atoms with van der Waals surface area (Å²) in [6.07, 6.45) is 2.48. The Morgan fingerprint density at radius 1 is 1.67 bits per heavy atom. The molecule has 0 aliphatic rings. The molecule has 0 atom stereocenters. The fraction of sp³-hybridized carbons (Fsp3) is 0.600. The lowest BCUT2D eigenvalue weighted by Crippen LogP contribution is -2.08. The van der Waals surface area contributed by atoms with E-state index in [-0.39, 0.29) is 11.8 Å². The first kappa shape index (κ1) is 11.6. The van der Waals surface area contributed by atoms with Crippen molar-refractivity contribution in [1.29, 1.82) is 0 Å². The van der Waals surface area contributed by atoms with E-state index < -0.39 is 5.97 Å². The van der Waals surface area contributed by atoms with Gasteiger partial charge in [0.15, 0.2) is 5.75 Å². The Labute approximate surface area is 88.7 Å². The number of rotatable bonds is 5. The molecule has 1 aromatic rings. The summed E-state index contributed by atoms with van der Waals surface area (Å²) in [6.45, 7) is 6.40. The number of ether oxygens (including phenoxy) is 1. The van der Waals surface area contributed by atoms with Gasteiger partial charge in [-0.15, -0.1) is 0 Å². The molecule has 0 amide bonds. The SMILES string of the molecule is CCCn1cc(OC(C)C)c(C(=O)O)n1. The van der Waals surface area contributed by atoms with Crippen LogP contribution in [-0.4, -0.2) is 27.0 Å². The van der Waals surface area contributed by atoms with Crippen LogP contribution in [0.1, 0.15) is 37.7 Å². The molecule has 5 heteroatoms. The van der Waals surface area contributed by atoms with Crippen molar-refractivity contribution >= 4 is 5.97 Å². The fourth-order valence-electron chi connectivity index (χ4n) is 1.24. The Morgan fingerprint density at radius 2 is 2.33 bits per heavy atom. The molecule has 0 radical (unpaired) electrons. The zero-order valence-corrected chi connectivity index (χ0v) is 9.23. The van der Waals surface area contributed by atoms with Crippen LogP contribution in [0.3, 0.4) is 0 Å². The monoisotopic (exact) mass is 212 g/mol. The molecule has 1 aromatic heterocycles. The fourth-order valence-corrected chi connectivity index (χ4v) is 1.24. The van der Waals surface area contributed by atoms with E-state index in [1.807, 2.05) is 20.8 Å². The standard InChI is InChI=1S/C10H16N2O3/c1-4-5-12-6-8(15-7(2)3)9(11-12)10(13)14/h6-7H,4-5H2,1-3H3,(H,13,14). The van der Waals surface area contributed by atoms with Crippen molar-refractivity contribution in [3.63, 3.8) is 0 Å². The van der Waals surface area contributed by atoms with Gasteiger partial charge < -0.3 is 9.84 Å². The number of nitrogens with zero attached hydrogens (tertiary/aromatic N) is 2. The molecular formula is C10H16N2O3. The molecule has 0 aromatic carbocycles. The number of aromatic carboxylic acids is 1. The summed E-state index contributed by atoms with van der Waals surface area (Å²) < 4.78 is 6.97. The van der Waals surface area contributed by atoms with E-state index in [2.05, 4.69) is 5.10 Å². The van der Waals surface area contributed by atoms with Gasteiger partial charge in [0, 0.05) is 6.54 Å². The average Bonchev–Trinajstić information content (AvgIpc) is 2.47. The van der Waals surface area contributed by atoms with Gasteiger partial charge in [0.1, 0.15) is 0 Å². The van der Waals surface area contributed by atoms with Gasteiger partial charge in [0.05, 0.1) is 12.3 Å². The molecule has 1 N–H and O–H groups in total. The van der Waals surface area contributed by atoms with Crippen LogP contribution in [0.25, 0.3) is 0 Å². The number of aromatic nitrogens is 2. The smallest absolute Gasteiger partial charge is 0.360 e. The van der Waals surface area contributed by atoms with Crippen molar-refractivity contribution in [2.75, 3.05) is 0 Å². The molecule has 1 heterocycles. The third-order valence-electron chi connectivity index (χ3n) is 1.75. The third kappa shape index (κ3) is 2.97. The summed E-state index contributed by atoms with van der Waals surface area (Å²) >= 11 is 0. The van der Waals surface area contributed by atoms with Gasteiger partial charge in [0.25, 0.3) is 0 Å². The second kappa shape index (κ2) is 4.82. The molecule has 84 valence electrons. The van der Waals surface area contributed by atoms with E-state index in [1.54, 1.807) is 10.9 Å². The van der Waals surface area contributed by atoms with Crippen molar-refractivity contribution in [2.45, 2.75) is 39.8 Å². The highest BCUT2D eigenvalue weighted by atomic mass is 16.5. The Balaban J connectivity index is 2.95. The molecule has 0 fully saturated rings.